The van der Waals surface area contributed by atoms with Gasteiger partial charge in [0, 0.05) is 32.7 Å². The minimum Gasteiger partial charge on any atom is -0.395 e. The fourth-order valence-corrected chi connectivity index (χ4v) is 8.10. The molecule has 340 valence electrons. The second kappa shape index (κ2) is 31.7. The maximum absolute atomic E-state index is 12.1. The van der Waals surface area contributed by atoms with Gasteiger partial charge in [-0.3, -0.25) is 0 Å². The summed E-state index contributed by atoms with van der Waals surface area (Å²) in [4.78, 5) is 72.1. The average Bonchev–Trinajstić information content (AvgIpc) is 3.21. The van der Waals surface area contributed by atoms with Crippen LogP contribution < -0.4 is 34.1 Å². The van der Waals surface area contributed by atoms with Gasteiger partial charge in [0.05, 0.1) is 13.2 Å². The van der Waals surface area contributed by atoms with Crippen molar-refractivity contribution in [1.82, 2.24) is 27.4 Å². The number of nitrogens with zero attached hydrogens (tertiary/aromatic N) is 6. The Hall–Kier alpha value is -3.22. The van der Waals surface area contributed by atoms with E-state index in [9.17, 15) is 28.8 Å². The second-order valence-electron chi connectivity index (χ2n) is 15.7. The largest absolute Gasteiger partial charge is 0.395 e. The third-order valence-corrected chi connectivity index (χ3v) is 11.5. The molecule has 0 fully saturated rings. The molecule has 0 amide bonds. The van der Waals surface area contributed by atoms with Crippen LogP contribution in [0.2, 0.25) is 0 Å². The molecular weight excluding hydrogens is 737 g/mol. The van der Waals surface area contributed by atoms with Gasteiger partial charge >= 0.3 is 34.1 Å². The average molecular weight is 825 g/mol. The molecule has 0 saturated heterocycles. The quantitative estimate of drug-likeness (QED) is 0.112. The third-order valence-electron chi connectivity index (χ3n) is 11.5. The molecule has 0 saturated carbocycles. The summed E-state index contributed by atoms with van der Waals surface area (Å²) in [5.41, 5.74) is -1.94. The Kier molecular flexibility index (Phi) is 31.1. The van der Waals surface area contributed by atoms with E-state index in [1.165, 1.54) is 77.0 Å². The van der Waals surface area contributed by atoms with Crippen LogP contribution >= 0.6 is 0 Å². The summed E-state index contributed by atoms with van der Waals surface area (Å²) in [6.45, 7) is 29.1. The standard InChI is InChI=1S/C13H28.C12H21N3O3.C11H19N3O4.C9H20/c1-5-9-13(10-6-2,11-7-3)12-8-4;1-4-7-13-10(16)14(8-5-2)12(18)15(9-6-3)11(13)17;1-3-5-12-9(16)13(6-4-2)11(18)14(7-8-15)10(12)17;1-5-9(6-2,7-3)8-4/h5-12H2,1-4H3;4-9H2,1-3H3;15H,3-8H2,1-2H3;5-8H2,1-4H3. The van der Waals surface area contributed by atoms with Crippen molar-refractivity contribution in [3.63, 3.8) is 0 Å². The molecule has 0 aliphatic heterocycles. The van der Waals surface area contributed by atoms with Gasteiger partial charge in [-0.2, -0.15) is 0 Å². The molecule has 13 heteroatoms. The zero-order valence-electron chi connectivity index (χ0n) is 39.6. The molecule has 58 heavy (non-hydrogen) atoms. The number of hydrogen-bond donors (Lipinski definition) is 1. The van der Waals surface area contributed by atoms with Crippen molar-refractivity contribution < 1.29 is 5.11 Å². The lowest BCUT2D eigenvalue weighted by Crippen LogP contribution is -2.54. The predicted molar refractivity (Wildman–Crippen MR) is 243 cm³/mol. The van der Waals surface area contributed by atoms with Gasteiger partial charge in [0.25, 0.3) is 0 Å². The van der Waals surface area contributed by atoms with E-state index in [4.69, 9.17) is 5.11 Å². The topological polar surface area (TPSA) is 152 Å². The van der Waals surface area contributed by atoms with Crippen LogP contribution in [0.3, 0.4) is 0 Å². The number of aliphatic hydroxyl groups excluding tert-OH is 1. The molecule has 0 aliphatic carbocycles. The molecule has 0 atom stereocenters. The highest BCUT2D eigenvalue weighted by Gasteiger charge is 2.26. The molecule has 0 aliphatic rings. The van der Waals surface area contributed by atoms with Crippen LogP contribution in [0.1, 0.15) is 199 Å². The Morgan fingerprint density at radius 3 is 0.621 bits per heavy atom. The van der Waals surface area contributed by atoms with Gasteiger partial charge < -0.3 is 5.11 Å². The van der Waals surface area contributed by atoms with Crippen molar-refractivity contribution in [2.24, 2.45) is 10.8 Å². The molecular formula is C45H88N6O7. The number of rotatable bonds is 24. The molecule has 2 aromatic rings. The first-order valence-corrected chi connectivity index (χ1v) is 23.1. The van der Waals surface area contributed by atoms with Crippen LogP contribution in [0.25, 0.3) is 0 Å². The number of aliphatic hydroxyl groups is 1. The van der Waals surface area contributed by atoms with Crippen LogP contribution in [0.15, 0.2) is 28.8 Å². The minimum absolute atomic E-state index is 0.0919. The van der Waals surface area contributed by atoms with Gasteiger partial charge in [-0.05, 0) is 68.6 Å². The molecule has 2 heterocycles. The van der Waals surface area contributed by atoms with Gasteiger partial charge in [-0.15, -0.1) is 0 Å². The van der Waals surface area contributed by atoms with Crippen molar-refractivity contribution in [3.8, 4) is 0 Å². The maximum Gasteiger partial charge on any atom is 0.336 e. The van der Waals surface area contributed by atoms with Gasteiger partial charge in [-0.1, -0.05) is 141 Å². The van der Waals surface area contributed by atoms with Crippen LogP contribution in [0.4, 0.5) is 0 Å². The van der Waals surface area contributed by atoms with E-state index in [-0.39, 0.29) is 26.2 Å². The maximum atomic E-state index is 12.1. The lowest BCUT2D eigenvalue weighted by molar-refractivity contribution is 0.190. The van der Waals surface area contributed by atoms with Gasteiger partial charge in [0.1, 0.15) is 0 Å². The molecule has 0 unspecified atom stereocenters. The van der Waals surface area contributed by atoms with Crippen molar-refractivity contribution in [1.29, 1.82) is 0 Å². The minimum atomic E-state index is -0.645. The Morgan fingerprint density at radius 2 is 0.500 bits per heavy atom. The molecule has 2 rings (SSSR count). The van der Waals surface area contributed by atoms with Crippen LogP contribution in [-0.4, -0.2) is 39.1 Å². The summed E-state index contributed by atoms with van der Waals surface area (Å²) < 4.78 is 6.48. The molecule has 0 aromatic carbocycles. The lowest BCUT2D eigenvalue weighted by atomic mass is 9.72. The van der Waals surface area contributed by atoms with Crippen molar-refractivity contribution in [2.75, 3.05) is 6.61 Å². The fraction of sp³-hybridized carbons (Fsp3) is 0.867. The highest BCUT2D eigenvalue weighted by atomic mass is 16.3. The predicted octanol–water partition coefficient (Wildman–Crippen LogP) is 8.17. The lowest BCUT2D eigenvalue weighted by Gasteiger charge is -2.33. The summed E-state index contributed by atoms with van der Waals surface area (Å²) in [5, 5.41) is 8.88. The van der Waals surface area contributed by atoms with Crippen LogP contribution in [0, 0.1) is 10.8 Å². The Morgan fingerprint density at radius 1 is 0.310 bits per heavy atom. The number of hydrogen-bond acceptors (Lipinski definition) is 7. The first-order chi connectivity index (χ1) is 27.6. The van der Waals surface area contributed by atoms with E-state index in [1.54, 1.807) is 0 Å². The van der Waals surface area contributed by atoms with Crippen molar-refractivity contribution in [3.05, 3.63) is 62.9 Å². The smallest absolute Gasteiger partial charge is 0.336 e. The Balaban J connectivity index is 0. The Bertz CT molecular complexity index is 1370. The summed E-state index contributed by atoms with van der Waals surface area (Å²) in [5.74, 6) is 0. The molecule has 2 aromatic heterocycles. The molecule has 0 spiro atoms. The fourth-order valence-electron chi connectivity index (χ4n) is 8.10. The SMILES string of the molecule is CCC(CC)(CC)CC.CCCC(CCC)(CCC)CCC.CCCn1c(=O)n(CCC)c(=O)n(CCC)c1=O.CCCn1c(=O)n(CCC)c(=O)n(CCO)c1=O. The highest BCUT2D eigenvalue weighted by Crippen LogP contribution is 2.39. The zero-order valence-corrected chi connectivity index (χ0v) is 39.6. The third kappa shape index (κ3) is 17.2. The monoisotopic (exact) mass is 825 g/mol. The van der Waals surface area contributed by atoms with Crippen molar-refractivity contribution in [2.45, 2.75) is 238 Å². The molecule has 0 radical (unpaired) electrons. The first kappa shape index (κ1) is 56.9. The summed E-state index contributed by atoms with van der Waals surface area (Å²) >= 11 is 0. The molecule has 0 bridgehead atoms. The zero-order chi connectivity index (χ0) is 44.9. The van der Waals surface area contributed by atoms with E-state index in [0.717, 1.165) is 27.4 Å². The molecule has 1 N–H and O–H groups in total. The Labute approximate surface area is 350 Å². The van der Waals surface area contributed by atoms with Gasteiger partial charge in [0.2, 0.25) is 0 Å². The number of aromatic nitrogens is 6. The van der Waals surface area contributed by atoms with E-state index in [2.05, 4.69) is 55.4 Å². The normalized spacial score (nSPS) is 11.3. The van der Waals surface area contributed by atoms with E-state index in [0.29, 0.717) is 62.6 Å². The van der Waals surface area contributed by atoms with Crippen LogP contribution in [0.5, 0.6) is 0 Å². The molecule has 13 nitrogen and oxygen atoms in total. The van der Waals surface area contributed by atoms with E-state index >= 15 is 0 Å². The van der Waals surface area contributed by atoms with E-state index in [1.807, 2.05) is 34.6 Å². The summed E-state index contributed by atoms with van der Waals surface area (Å²) in [6, 6.07) is 0. The second-order valence-corrected chi connectivity index (χ2v) is 15.7. The van der Waals surface area contributed by atoms with Crippen LogP contribution in [-0.2, 0) is 39.3 Å². The highest BCUT2D eigenvalue weighted by molar-refractivity contribution is 4.81. The van der Waals surface area contributed by atoms with Gasteiger partial charge in [0.15, 0.2) is 0 Å². The summed E-state index contributed by atoms with van der Waals surface area (Å²) in [7, 11) is 0. The summed E-state index contributed by atoms with van der Waals surface area (Å²) in [6.07, 6.45) is 19.9. The van der Waals surface area contributed by atoms with Crippen molar-refractivity contribution >= 4 is 0 Å². The van der Waals surface area contributed by atoms with Gasteiger partial charge in [-0.25, -0.2) is 56.2 Å². The first-order valence-electron chi connectivity index (χ1n) is 23.1. The van der Waals surface area contributed by atoms with E-state index < -0.39 is 34.1 Å².